The van der Waals surface area contributed by atoms with E-state index in [1.807, 2.05) is 31.2 Å². The maximum absolute atomic E-state index is 12.8. The van der Waals surface area contributed by atoms with Gasteiger partial charge in [-0.15, -0.1) is 0 Å². The van der Waals surface area contributed by atoms with Gasteiger partial charge in [-0.1, -0.05) is 23.7 Å². The van der Waals surface area contributed by atoms with Gasteiger partial charge in [-0.3, -0.25) is 9.69 Å². The highest BCUT2D eigenvalue weighted by molar-refractivity contribution is 6.33. The van der Waals surface area contributed by atoms with Crippen LogP contribution in [-0.4, -0.2) is 47.7 Å². The van der Waals surface area contributed by atoms with Crippen LogP contribution in [0.15, 0.2) is 24.3 Å². The van der Waals surface area contributed by atoms with Crippen LogP contribution in [0.4, 0.5) is 5.69 Å². The highest BCUT2D eigenvalue weighted by Crippen LogP contribution is 2.32. The van der Waals surface area contributed by atoms with Crippen LogP contribution < -0.4 is 4.90 Å². The van der Waals surface area contributed by atoms with Gasteiger partial charge in [0.2, 0.25) is 5.91 Å². The molecule has 0 aromatic heterocycles. The number of amides is 1. The summed E-state index contributed by atoms with van der Waals surface area (Å²) in [5.41, 5.74) is 0.806. The van der Waals surface area contributed by atoms with Gasteiger partial charge < -0.3 is 10.0 Å². The summed E-state index contributed by atoms with van der Waals surface area (Å²) >= 11 is 6.23. The first kappa shape index (κ1) is 15.8. The van der Waals surface area contributed by atoms with Gasteiger partial charge in [-0.05, 0) is 50.8 Å². The quantitative estimate of drug-likeness (QED) is 0.930. The number of benzene rings is 1. The minimum atomic E-state index is -0.307. The molecule has 2 heterocycles. The molecule has 5 heteroatoms. The molecule has 3 rings (SSSR count). The third kappa shape index (κ3) is 3.00. The van der Waals surface area contributed by atoms with Gasteiger partial charge in [0.25, 0.3) is 0 Å². The van der Waals surface area contributed by atoms with Gasteiger partial charge in [0, 0.05) is 13.1 Å². The summed E-state index contributed by atoms with van der Waals surface area (Å²) in [7, 11) is 0. The molecule has 1 N–H and O–H groups in total. The molecule has 0 aliphatic carbocycles. The van der Waals surface area contributed by atoms with Crippen molar-refractivity contribution in [2.24, 2.45) is 5.92 Å². The number of halogens is 1. The molecule has 22 heavy (non-hydrogen) atoms. The van der Waals surface area contributed by atoms with Crippen LogP contribution in [-0.2, 0) is 4.79 Å². The Bertz CT molecular complexity index is 549. The third-order valence-electron chi connectivity index (χ3n) is 4.93. The summed E-state index contributed by atoms with van der Waals surface area (Å²) < 4.78 is 0. The fourth-order valence-electron chi connectivity index (χ4n) is 3.63. The number of hydrogen-bond donors (Lipinski definition) is 1. The fourth-order valence-corrected chi connectivity index (χ4v) is 3.87. The minimum Gasteiger partial charge on any atom is -0.393 e. The number of carbonyl (C=O) groups is 1. The zero-order chi connectivity index (χ0) is 15.7. The predicted octanol–water partition coefficient (Wildman–Crippen LogP) is 2.54. The number of aliphatic hydroxyl groups is 1. The Morgan fingerprint density at radius 1 is 1.27 bits per heavy atom. The van der Waals surface area contributed by atoms with Crippen molar-refractivity contribution in [3.63, 3.8) is 0 Å². The zero-order valence-electron chi connectivity index (χ0n) is 12.9. The molecule has 120 valence electrons. The molecule has 1 aromatic carbocycles. The van der Waals surface area contributed by atoms with Gasteiger partial charge >= 0.3 is 0 Å². The standard InChI is InChI=1S/C17H23ClN2O2/c1-12(21)13-5-4-9-19(11-13)16-8-10-20(17(16)22)15-7-3-2-6-14(15)18/h2-3,6-7,12-13,16,21H,4-5,8-11H2,1H3. The van der Waals surface area contributed by atoms with Crippen molar-refractivity contribution in [3.05, 3.63) is 29.3 Å². The molecule has 0 bridgehead atoms. The van der Waals surface area contributed by atoms with Crippen molar-refractivity contribution in [3.8, 4) is 0 Å². The molecule has 3 unspecified atom stereocenters. The molecule has 4 nitrogen and oxygen atoms in total. The molecule has 2 aliphatic rings. The summed E-state index contributed by atoms with van der Waals surface area (Å²) in [4.78, 5) is 16.9. The fraction of sp³-hybridized carbons (Fsp3) is 0.588. The first-order chi connectivity index (χ1) is 10.6. The van der Waals surface area contributed by atoms with Crippen molar-refractivity contribution in [2.75, 3.05) is 24.5 Å². The monoisotopic (exact) mass is 322 g/mol. The molecule has 3 atom stereocenters. The Kier molecular flexibility index (Phi) is 4.71. The number of likely N-dealkylation sites (tertiary alicyclic amines) is 1. The molecule has 0 saturated carbocycles. The lowest BCUT2D eigenvalue weighted by molar-refractivity contribution is -0.122. The Hall–Kier alpha value is -1.10. The molecule has 2 fully saturated rings. The summed E-state index contributed by atoms with van der Waals surface area (Å²) in [5.74, 6) is 0.412. The van der Waals surface area contributed by atoms with Gasteiger partial charge in [0.05, 0.1) is 22.9 Å². The summed E-state index contributed by atoms with van der Waals surface area (Å²) in [6.45, 7) is 4.31. The number of rotatable bonds is 3. The average Bonchev–Trinajstić information content (AvgIpc) is 2.89. The van der Waals surface area contributed by atoms with Crippen molar-refractivity contribution in [2.45, 2.75) is 38.3 Å². The largest absolute Gasteiger partial charge is 0.393 e. The SMILES string of the molecule is CC(O)C1CCCN(C2CCN(c3ccccc3Cl)C2=O)C1. The minimum absolute atomic E-state index is 0.0715. The Balaban J connectivity index is 1.72. The number of para-hydroxylation sites is 1. The predicted molar refractivity (Wildman–Crippen MR) is 88.2 cm³/mol. The number of anilines is 1. The summed E-state index contributed by atoms with van der Waals surface area (Å²) in [5, 5.41) is 10.5. The number of nitrogens with zero attached hydrogens (tertiary/aromatic N) is 2. The molecular formula is C17H23ClN2O2. The number of aliphatic hydroxyl groups excluding tert-OH is 1. The second kappa shape index (κ2) is 6.57. The van der Waals surface area contributed by atoms with Crippen LogP contribution in [0.2, 0.25) is 5.02 Å². The lowest BCUT2D eigenvalue weighted by atomic mass is 9.92. The smallest absolute Gasteiger partial charge is 0.244 e. The van der Waals surface area contributed by atoms with Crippen molar-refractivity contribution in [1.29, 1.82) is 0 Å². The molecule has 0 radical (unpaired) electrons. The van der Waals surface area contributed by atoms with Crippen LogP contribution in [0.5, 0.6) is 0 Å². The van der Waals surface area contributed by atoms with E-state index in [1.54, 1.807) is 4.90 Å². The van der Waals surface area contributed by atoms with E-state index in [0.717, 1.165) is 38.0 Å². The second-order valence-electron chi connectivity index (χ2n) is 6.38. The third-order valence-corrected chi connectivity index (χ3v) is 5.25. The van der Waals surface area contributed by atoms with Crippen molar-refractivity contribution >= 4 is 23.2 Å². The van der Waals surface area contributed by atoms with E-state index in [2.05, 4.69) is 4.90 Å². The van der Waals surface area contributed by atoms with Crippen molar-refractivity contribution in [1.82, 2.24) is 4.90 Å². The van der Waals surface area contributed by atoms with Gasteiger partial charge in [-0.25, -0.2) is 0 Å². The van der Waals surface area contributed by atoms with E-state index in [9.17, 15) is 9.90 Å². The van der Waals surface area contributed by atoms with E-state index >= 15 is 0 Å². The second-order valence-corrected chi connectivity index (χ2v) is 6.79. The van der Waals surface area contributed by atoms with Crippen LogP contribution in [0.25, 0.3) is 0 Å². The van der Waals surface area contributed by atoms with Crippen LogP contribution in [0.3, 0.4) is 0 Å². The van der Waals surface area contributed by atoms with Crippen LogP contribution in [0.1, 0.15) is 26.2 Å². The maximum Gasteiger partial charge on any atom is 0.244 e. The van der Waals surface area contributed by atoms with E-state index < -0.39 is 0 Å². The van der Waals surface area contributed by atoms with E-state index in [-0.39, 0.29) is 24.0 Å². The van der Waals surface area contributed by atoms with Gasteiger partial charge in [0.1, 0.15) is 0 Å². The van der Waals surface area contributed by atoms with Crippen molar-refractivity contribution < 1.29 is 9.90 Å². The number of piperidine rings is 1. The first-order valence-electron chi connectivity index (χ1n) is 8.06. The van der Waals surface area contributed by atoms with Crippen LogP contribution >= 0.6 is 11.6 Å². The van der Waals surface area contributed by atoms with E-state index in [1.165, 1.54) is 0 Å². The summed E-state index contributed by atoms with van der Waals surface area (Å²) in [6, 6.07) is 7.44. The Morgan fingerprint density at radius 3 is 2.77 bits per heavy atom. The highest BCUT2D eigenvalue weighted by Gasteiger charge is 2.39. The molecule has 1 aromatic rings. The molecule has 2 saturated heterocycles. The van der Waals surface area contributed by atoms with E-state index in [4.69, 9.17) is 11.6 Å². The normalized spacial score (nSPS) is 28.1. The lowest BCUT2D eigenvalue weighted by Gasteiger charge is -2.37. The topological polar surface area (TPSA) is 43.8 Å². The maximum atomic E-state index is 12.8. The molecule has 1 amide bonds. The van der Waals surface area contributed by atoms with Gasteiger partial charge in [-0.2, -0.15) is 0 Å². The first-order valence-corrected chi connectivity index (χ1v) is 8.43. The lowest BCUT2D eigenvalue weighted by Crippen LogP contribution is -2.48. The average molecular weight is 323 g/mol. The summed E-state index contributed by atoms with van der Waals surface area (Å²) in [6.07, 6.45) is 2.62. The zero-order valence-corrected chi connectivity index (χ0v) is 13.7. The molecule has 2 aliphatic heterocycles. The molecular weight excluding hydrogens is 300 g/mol. The number of carbonyl (C=O) groups excluding carboxylic acids is 1. The Labute approximate surface area is 136 Å². The Morgan fingerprint density at radius 2 is 2.05 bits per heavy atom. The number of hydrogen-bond acceptors (Lipinski definition) is 3. The highest BCUT2D eigenvalue weighted by atomic mass is 35.5. The van der Waals surface area contributed by atoms with Gasteiger partial charge in [0.15, 0.2) is 0 Å². The van der Waals surface area contributed by atoms with Crippen LogP contribution in [0, 0.1) is 5.92 Å². The van der Waals surface area contributed by atoms with E-state index in [0.29, 0.717) is 11.6 Å². The molecule has 0 spiro atoms.